The number of ether oxygens (including phenoxy) is 3. The van der Waals surface area contributed by atoms with Gasteiger partial charge in [0.15, 0.2) is 11.5 Å². The smallest absolute Gasteiger partial charge is 0.353 e. The molecule has 0 unspecified atom stereocenters. The molecule has 2 heterocycles. The lowest BCUT2D eigenvalue weighted by Crippen LogP contribution is -2.32. The van der Waals surface area contributed by atoms with Crippen LogP contribution in [0.3, 0.4) is 0 Å². The highest BCUT2D eigenvalue weighted by atomic mass is 32.1. The van der Waals surface area contributed by atoms with Gasteiger partial charge in [0.1, 0.15) is 16.3 Å². The zero-order valence-corrected chi connectivity index (χ0v) is 21.1. The molecule has 0 saturated heterocycles. The molecule has 5 rings (SSSR count). The Morgan fingerprint density at radius 3 is 2.41 bits per heavy atom. The number of fused-ring (bicyclic) bond motifs is 1. The van der Waals surface area contributed by atoms with Crippen LogP contribution in [-0.4, -0.2) is 30.8 Å². The molecule has 0 aliphatic carbocycles. The van der Waals surface area contributed by atoms with Gasteiger partial charge in [-0.15, -0.1) is 11.3 Å². The molecule has 194 valence electrons. The lowest BCUT2D eigenvalue weighted by atomic mass is 10.1. The predicted molar refractivity (Wildman–Crippen MR) is 146 cm³/mol. The maximum atomic E-state index is 13.0. The van der Waals surface area contributed by atoms with Crippen molar-refractivity contribution in [2.45, 2.75) is 0 Å². The average Bonchev–Trinajstić information content (AvgIpc) is 3.66. The van der Waals surface area contributed by atoms with E-state index in [2.05, 4.69) is 15.8 Å². The highest BCUT2D eigenvalue weighted by Crippen LogP contribution is 2.33. The van der Waals surface area contributed by atoms with Gasteiger partial charge in [-0.2, -0.15) is 5.10 Å². The van der Waals surface area contributed by atoms with Gasteiger partial charge in [-0.1, -0.05) is 30.3 Å². The Morgan fingerprint density at radius 1 is 0.872 bits per heavy atom. The fourth-order valence-corrected chi connectivity index (χ4v) is 4.11. The fourth-order valence-electron chi connectivity index (χ4n) is 3.51. The summed E-state index contributed by atoms with van der Waals surface area (Å²) in [6.07, 6.45) is 2.95. The summed E-state index contributed by atoms with van der Waals surface area (Å²) in [6, 6.07) is 23.8. The van der Waals surface area contributed by atoms with Crippen LogP contribution in [0.25, 0.3) is 6.08 Å². The van der Waals surface area contributed by atoms with E-state index >= 15 is 0 Å². The van der Waals surface area contributed by atoms with E-state index in [9.17, 15) is 14.4 Å². The molecule has 9 nitrogen and oxygen atoms in total. The Kier molecular flexibility index (Phi) is 7.75. The number of amides is 2. The maximum Gasteiger partial charge on any atom is 0.353 e. The van der Waals surface area contributed by atoms with Crippen molar-refractivity contribution in [1.29, 1.82) is 0 Å². The first-order valence-electron chi connectivity index (χ1n) is 11.7. The molecule has 1 aliphatic rings. The fraction of sp³-hybridized carbons (Fsp3) is 0.0345. The first kappa shape index (κ1) is 25.4. The number of benzene rings is 3. The SMILES string of the molecule is O=C(N/N=C\c1ccc(OC(=O)c2cccs2)cc1)/C(=C\c1ccc2c(c1)OCO2)NC(=O)c1ccccc1. The van der Waals surface area contributed by atoms with E-state index in [0.717, 1.165) is 0 Å². The molecule has 2 N–H and O–H groups in total. The average molecular weight is 540 g/mol. The van der Waals surface area contributed by atoms with E-state index < -0.39 is 17.8 Å². The minimum atomic E-state index is -0.630. The number of hydrogen-bond donors (Lipinski definition) is 2. The third-order valence-electron chi connectivity index (χ3n) is 5.43. The van der Waals surface area contributed by atoms with Crippen molar-refractivity contribution in [3.05, 3.63) is 118 Å². The van der Waals surface area contributed by atoms with Crippen molar-refractivity contribution in [3.8, 4) is 17.2 Å². The van der Waals surface area contributed by atoms with Crippen LogP contribution in [0.2, 0.25) is 0 Å². The Balaban J connectivity index is 1.27. The standard InChI is InChI=1S/C29H21N3O6S/c33-27(21-5-2-1-3-6-21)31-23(15-20-10-13-24-25(16-20)37-18-36-24)28(34)32-30-17-19-8-11-22(12-9-19)38-29(35)26-7-4-14-39-26/h1-17H,18H2,(H,31,33)(H,32,34)/b23-15+,30-17-. The van der Waals surface area contributed by atoms with E-state index in [1.54, 1.807) is 90.3 Å². The van der Waals surface area contributed by atoms with Crippen LogP contribution in [0.1, 0.15) is 31.2 Å². The lowest BCUT2D eigenvalue weighted by Gasteiger charge is -2.09. The zero-order valence-electron chi connectivity index (χ0n) is 20.3. The van der Waals surface area contributed by atoms with Crippen molar-refractivity contribution in [3.63, 3.8) is 0 Å². The monoisotopic (exact) mass is 539 g/mol. The lowest BCUT2D eigenvalue weighted by molar-refractivity contribution is -0.117. The summed E-state index contributed by atoms with van der Waals surface area (Å²) < 4.78 is 16.1. The summed E-state index contributed by atoms with van der Waals surface area (Å²) in [5.74, 6) is 0.0121. The van der Waals surface area contributed by atoms with Crippen molar-refractivity contribution in [2.75, 3.05) is 6.79 Å². The molecule has 0 atom stereocenters. The van der Waals surface area contributed by atoms with Crippen molar-refractivity contribution in [1.82, 2.24) is 10.7 Å². The summed E-state index contributed by atoms with van der Waals surface area (Å²) in [5.41, 5.74) is 4.08. The summed E-state index contributed by atoms with van der Waals surface area (Å²) in [6.45, 7) is 0.118. The highest BCUT2D eigenvalue weighted by molar-refractivity contribution is 7.12. The summed E-state index contributed by atoms with van der Waals surface area (Å²) >= 11 is 1.30. The normalized spacial score (nSPS) is 12.3. The third kappa shape index (κ3) is 6.56. The topological polar surface area (TPSA) is 115 Å². The first-order chi connectivity index (χ1) is 19.0. The number of thiophene rings is 1. The molecule has 4 aromatic rings. The van der Waals surface area contributed by atoms with E-state index in [4.69, 9.17) is 14.2 Å². The quantitative estimate of drug-likeness (QED) is 0.111. The molecule has 0 fully saturated rings. The Hall–Kier alpha value is -5.22. The summed E-state index contributed by atoms with van der Waals surface area (Å²) in [4.78, 5) is 38.4. The summed E-state index contributed by atoms with van der Waals surface area (Å²) in [7, 11) is 0. The van der Waals surface area contributed by atoms with Crippen LogP contribution in [-0.2, 0) is 4.79 Å². The van der Waals surface area contributed by atoms with Crippen molar-refractivity contribution in [2.24, 2.45) is 5.10 Å². The molecule has 0 radical (unpaired) electrons. The number of hydrogen-bond acceptors (Lipinski definition) is 8. The summed E-state index contributed by atoms with van der Waals surface area (Å²) in [5, 5.41) is 8.46. The Bertz CT molecular complexity index is 1550. The highest BCUT2D eigenvalue weighted by Gasteiger charge is 2.17. The minimum absolute atomic E-state index is 0.0179. The molecule has 2 amide bonds. The number of nitrogens with zero attached hydrogens (tertiary/aromatic N) is 1. The molecule has 0 bridgehead atoms. The van der Waals surface area contributed by atoms with Gasteiger partial charge in [0, 0.05) is 5.56 Å². The number of rotatable bonds is 8. The number of esters is 1. The predicted octanol–water partition coefficient (Wildman–Crippen LogP) is 4.62. The second-order valence-corrected chi connectivity index (χ2v) is 9.07. The van der Waals surface area contributed by atoms with Gasteiger partial charge in [-0.05, 0) is 77.2 Å². The molecule has 0 saturated carbocycles. The molecule has 1 aliphatic heterocycles. The van der Waals surface area contributed by atoms with E-state index in [1.807, 2.05) is 0 Å². The molecular weight excluding hydrogens is 518 g/mol. The Morgan fingerprint density at radius 2 is 1.64 bits per heavy atom. The van der Waals surface area contributed by atoms with Crippen LogP contribution >= 0.6 is 11.3 Å². The molecule has 39 heavy (non-hydrogen) atoms. The number of carbonyl (C=O) groups excluding carboxylic acids is 3. The van der Waals surface area contributed by atoms with Crippen LogP contribution in [0.5, 0.6) is 17.2 Å². The van der Waals surface area contributed by atoms with E-state index in [0.29, 0.717) is 38.8 Å². The second kappa shape index (κ2) is 11.9. The van der Waals surface area contributed by atoms with Gasteiger partial charge in [-0.3, -0.25) is 9.59 Å². The van der Waals surface area contributed by atoms with Gasteiger partial charge in [0.05, 0.1) is 6.21 Å². The number of hydrazone groups is 1. The van der Waals surface area contributed by atoms with Crippen LogP contribution < -0.4 is 25.0 Å². The molecule has 3 aromatic carbocycles. The van der Waals surface area contributed by atoms with Gasteiger partial charge in [0.25, 0.3) is 11.8 Å². The first-order valence-corrected chi connectivity index (χ1v) is 12.6. The van der Waals surface area contributed by atoms with Crippen molar-refractivity contribution < 1.29 is 28.6 Å². The minimum Gasteiger partial charge on any atom is -0.454 e. The molecular formula is C29H21N3O6S. The zero-order chi connectivity index (χ0) is 27.0. The van der Waals surface area contributed by atoms with Gasteiger partial charge in [-0.25, -0.2) is 10.2 Å². The number of nitrogens with one attached hydrogen (secondary N) is 2. The van der Waals surface area contributed by atoms with Gasteiger partial charge >= 0.3 is 5.97 Å². The van der Waals surface area contributed by atoms with E-state index in [1.165, 1.54) is 23.6 Å². The number of carbonyl (C=O) groups is 3. The van der Waals surface area contributed by atoms with Crippen molar-refractivity contribution >= 4 is 41.4 Å². The maximum absolute atomic E-state index is 13.0. The molecule has 0 spiro atoms. The van der Waals surface area contributed by atoms with Crippen LogP contribution in [0, 0.1) is 0 Å². The largest absolute Gasteiger partial charge is 0.454 e. The second-order valence-electron chi connectivity index (χ2n) is 8.13. The van der Waals surface area contributed by atoms with Gasteiger partial charge < -0.3 is 19.5 Å². The van der Waals surface area contributed by atoms with Crippen LogP contribution in [0.15, 0.2) is 101 Å². The molecule has 1 aromatic heterocycles. The third-order valence-corrected chi connectivity index (χ3v) is 6.28. The molecule has 10 heteroatoms. The van der Waals surface area contributed by atoms with E-state index in [-0.39, 0.29) is 12.5 Å². The van der Waals surface area contributed by atoms with Gasteiger partial charge in [0.2, 0.25) is 6.79 Å². The Labute approximate surface area is 227 Å². The van der Waals surface area contributed by atoms with Crippen LogP contribution in [0.4, 0.5) is 0 Å².